The van der Waals surface area contributed by atoms with E-state index in [0.717, 1.165) is 5.39 Å². The molecule has 4 aromatic carbocycles. The topological polar surface area (TPSA) is 89.7 Å². The first-order valence-electron chi connectivity index (χ1n) is 9.22. The number of hydrogen-bond acceptors (Lipinski definition) is 4. The van der Waals surface area contributed by atoms with Crippen molar-refractivity contribution in [1.82, 2.24) is 0 Å². The smallest absolute Gasteiger partial charge is 0.408 e. The van der Waals surface area contributed by atoms with Gasteiger partial charge in [-0.25, -0.2) is 4.57 Å². The molecule has 0 saturated carbocycles. The molecule has 150 valence electrons. The molecule has 0 saturated heterocycles. The molecule has 0 radical (unpaired) electrons. The number of hydrogen-bond donors (Lipinski definition) is 1. The third-order valence-corrected chi connectivity index (χ3v) is 6.27. The van der Waals surface area contributed by atoms with E-state index in [2.05, 4.69) is 0 Å². The molecule has 0 aliphatic carbocycles. The standard InChI is InChI=1S/C23H18NO5P/c1-16-8-7-13-21(24(25)26)22(16)20-15-14-17-9-5-6-12-19(17)23(20)29-30(27,28)18-10-3-2-4-11-18/h2-15H,1H3,(H,27,28). The van der Waals surface area contributed by atoms with E-state index >= 15 is 0 Å². The zero-order valence-electron chi connectivity index (χ0n) is 16.1. The van der Waals surface area contributed by atoms with Crippen LogP contribution in [0.1, 0.15) is 5.56 Å². The summed E-state index contributed by atoms with van der Waals surface area (Å²) in [6.07, 6.45) is 0. The van der Waals surface area contributed by atoms with Crippen molar-refractivity contribution in [2.45, 2.75) is 6.92 Å². The first kappa shape index (κ1) is 19.8. The van der Waals surface area contributed by atoms with E-state index in [1.54, 1.807) is 55.5 Å². The lowest BCUT2D eigenvalue weighted by Gasteiger charge is -2.19. The van der Waals surface area contributed by atoms with Gasteiger partial charge in [-0.05, 0) is 36.1 Å². The third kappa shape index (κ3) is 3.59. The van der Waals surface area contributed by atoms with Crippen LogP contribution in [0.4, 0.5) is 5.69 Å². The summed E-state index contributed by atoms with van der Waals surface area (Å²) in [6.45, 7) is 1.76. The molecule has 1 atom stereocenters. The van der Waals surface area contributed by atoms with Crippen LogP contribution in [0.25, 0.3) is 21.9 Å². The van der Waals surface area contributed by atoms with Crippen molar-refractivity contribution in [3.05, 3.63) is 101 Å². The van der Waals surface area contributed by atoms with Gasteiger partial charge in [0.2, 0.25) is 0 Å². The summed E-state index contributed by atoms with van der Waals surface area (Å²) in [7, 11) is -4.24. The highest BCUT2D eigenvalue weighted by molar-refractivity contribution is 7.61. The van der Waals surface area contributed by atoms with Gasteiger partial charge in [0, 0.05) is 17.0 Å². The second-order valence-electron chi connectivity index (χ2n) is 6.84. The fraction of sp³-hybridized carbons (Fsp3) is 0.0435. The zero-order valence-corrected chi connectivity index (χ0v) is 17.0. The van der Waals surface area contributed by atoms with Gasteiger partial charge >= 0.3 is 7.60 Å². The summed E-state index contributed by atoms with van der Waals surface area (Å²) in [5, 5.41) is 13.2. The molecule has 6 nitrogen and oxygen atoms in total. The summed E-state index contributed by atoms with van der Waals surface area (Å²) >= 11 is 0. The molecule has 30 heavy (non-hydrogen) atoms. The highest BCUT2D eigenvalue weighted by Crippen LogP contribution is 2.49. The van der Waals surface area contributed by atoms with E-state index in [1.165, 1.54) is 18.2 Å². The summed E-state index contributed by atoms with van der Waals surface area (Å²) < 4.78 is 18.9. The Morgan fingerprint density at radius 2 is 1.60 bits per heavy atom. The fourth-order valence-corrected chi connectivity index (χ4v) is 4.58. The highest BCUT2D eigenvalue weighted by Gasteiger charge is 2.29. The Kier molecular flexibility index (Phi) is 5.12. The van der Waals surface area contributed by atoms with Gasteiger partial charge in [-0.15, -0.1) is 0 Å². The first-order chi connectivity index (χ1) is 14.4. The number of benzene rings is 4. The Bertz CT molecular complexity index is 1300. The van der Waals surface area contributed by atoms with Crippen LogP contribution in [0.15, 0.2) is 84.9 Å². The molecular formula is C23H18NO5P. The van der Waals surface area contributed by atoms with Crippen molar-refractivity contribution >= 4 is 29.4 Å². The van der Waals surface area contributed by atoms with Crippen LogP contribution in [0.5, 0.6) is 5.75 Å². The van der Waals surface area contributed by atoms with Crippen LogP contribution >= 0.6 is 7.60 Å². The molecule has 0 heterocycles. The molecule has 0 aliphatic rings. The van der Waals surface area contributed by atoms with Crippen LogP contribution in [-0.4, -0.2) is 9.82 Å². The van der Waals surface area contributed by atoms with Crippen molar-refractivity contribution in [1.29, 1.82) is 0 Å². The third-order valence-electron chi connectivity index (χ3n) is 4.89. The molecule has 0 fully saturated rings. The second kappa shape index (κ2) is 7.75. The predicted octanol–water partition coefficient (Wildman–Crippen LogP) is 5.61. The molecule has 0 spiro atoms. The summed E-state index contributed by atoms with van der Waals surface area (Å²) in [5.74, 6) is 0.139. The normalized spacial score (nSPS) is 13.0. The van der Waals surface area contributed by atoms with Crippen LogP contribution in [0, 0.1) is 17.0 Å². The Balaban J connectivity index is 2.00. The molecule has 0 bridgehead atoms. The second-order valence-corrected chi connectivity index (χ2v) is 8.58. The van der Waals surface area contributed by atoms with Crippen molar-refractivity contribution < 1.29 is 18.9 Å². The zero-order chi connectivity index (χ0) is 21.3. The van der Waals surface area contributed by atoms with Gasteiger partial charge in [0.1, 0.15) is 5.75 Å². The minimum Gasteiger partial charge on any atom is -0.420 e. The molecular weight excluding hydrogens is 401 g/mol. The number of rotatable bonds is 5. The maximum Gasteiger partial charge on any atom is 0.408 e. The van der Waals surface area contributed by atoms with E-state index in [9.17, 15) is 19.6 Å². The molecule has 0 aliphatic heterocycles. The number of fused-ring (bicyclic) bond motifs is 1. The minimum absolute atomic E-state index is 0.0948. The Hall–Kier alpha value is -3.47. The van der Waals surface area contributed by atoms with Crippen molar-refractivity contribution in [3.8, 4) is 16.9 Å². The van der Waals surface area contributed by atoms with Gasteiger partial charge in [0.05, 0.1) is 15.8 Å². The van der Waals surface area contributed by atoms with E-state index < -0.39 is 12.5 Å². The van der Waals surface area contributed by atoms with Gasteiger partial charge in [-0.2, -0.15) is 0 Å². The van der Waals surface area contributed by atoms with Crippen molar-refractivity contribution in [2.24, 2.45) is 0 Å². The predicted molar refractivity (Wildman–Crippen MR) is 117 cm³/mol. The lowest BCUT2D eigenvalue weighted by molar-refractivity contribution is -0.384. The average Bonchev–Trinajstić information content (AvgIpc) is 2.74. The number of nitro benzene ring substituents is 1. The Labute approximate surface area is 173 Å². The van der Waals surface area contributed by atoms with Crippen LogP contribution in [-0.2, 0) is 4.57 Å². The van der Waals surface area contributed by atoms with Crippen LogP contribution in [0.2, 0.25) is 0 Å². The van der Waals surface area contributed by atoms with Gasteiger partial charge < -0.3 is 9.42 Å². The maximum absolute atomic E-state index is 13.1. The monoisotopic (exact) mass is 419 g/mol. The molecule has 0 aromatic heterocycles. The lowest BCUT2D eigenvalue weighted by atomic mass is 9.95. The highest BCUT2D eigenvalue weighted by atomic mass is 31.2. The van der Waals surface area contributed by atoms with Gasteiger partial charge in [-0.1, -0.05) is 60.7 Å². The van der Waals surface area contributed by atoms with Crippen LogP contribution < -0.4 is 9.83 Å². The van der Waals surface area contributed by atoms with Crippen LogP contribution in [0.3, 0.4) is 0 Å². The number of nitro groups is 1. The minimum atomic E-state index is -4.24. The van der Waals surface area contributed by atoms with E-state index in [-0.39, 0.29) is 16.7 Å². The fourth-order valence-electron chi connectivity index (χ4n) is 3.49. The summed E-state index contributed by atoms with van der Waals surface area (Å²) in [5.41, 5.74) is 1.32. The summed E-state index contributed by atoms with van der Waals surface area (Å²) in [4.78, 5) is 21.9. The van der Waals surface area contributed by atoms with E-state index in [4.69, 9.17) is 4.52 Å². The Morgan fingerprint density at radius 1 is 0.900 bits per heavy atom. The molecule has 0 amide bonds. The average molecular weight is 419 g/mol. The summed E-state index contributed by atoms with van der Waals surface area (Å²) in [6, 6.07) is 23.6. The molecule has 4 aromatic rings. The quantitative estimate of drug-likeness (QED) is 0.258. The largest absolute Gasteiger partial charge is 0.420 e. The maximum atomic E-state index is 13.1. The molecule has 1 N–H and O–H groups in total. The van der Waals surface area contributed by atoms with Gasteiger partial charge in [0.25, 0.3) is 5.69 Å². The van der Waals surface area contributed by atoms with Gasteiger partial charge in [-0.3, -0.25) is 10.1 Å². The molecule has 4 rings (SSSR count). The number of aryl methyl sites for hydroxylation is 1. The molecule has 1 unspecified atom stereocenters. The van der Waals surface area contributed by atoms with Crippen molar-refractivity contribution in [2.75, 3.05) is 0 Å². The SMILES string of the molecule is Cc1cccc([N+](=O)[O-])c1-c1ccc2ccccc2c1OP(=O)(O)c1ccccc1. The van der Waals surface area contributed by atoms with Crippen molar-refractivity contribution in [3.63, 3.8) is 0 Å². The van der Waals surface area contributed by atoms with Gasteiger partial charge in [0.15, 0.2) is 0 Å². The number of nitrogens with zero attached hydrogens (tertiary/aromatic N) is 1. The van der Waals surface area contributed by atoms with E-state index in [0.29, 0.717) is 22.1 Å². The first-order valence-corrected chi connectivity index (χ1v) is 10.8. The molecule has 7 heteroatoms. The van der Waals surface area contributed by atoms with E-state index in [1.807, 2.05) is 18.2 Å². The lowest BCUT2D eigenvalue weighted by Crippen LogP contribution is -2.09. The Morgan fingerprint density at radius 3 is 2.33 bits per heavy atom.